The molecule has 0 spiro atoms. The van der Waals surface area contributed by atoms with E-state index in [2.05, 4.69) is 0 Å². The zero-order chi connectivity index (χ0) is 15.2. The van der Waals surface area contributed by atoms with Crippen molar-refractivity contribution in [2.24, 2.45) is 0 Å². The summed E-state index contributed by atoms with van der Waals surface area (Å²) in [5.41, 5.74) is 0. The summed E-state index contributed by atoms with van der Waals surface area (Å²) in [6.45, 7) is 0.742. The summed E-state index contributed by atoms with van der Waals surface area (Å²) in [5, 5.41) is 9.05. The van der Waals surface area contributed by atoms with Gasteiger partial charge in [0.15, 0.2) is 0 Å². The molecular formula is C15H19NO5. The topological polar surface area (TPSA) is 76.1 Å². The molecule has 1 aliphatic heterocycles. The third-order valence-corrected chi connectivity index (χ3v) is 3.50. The molecule has 0 aliphatic carbocycles. The highest BCUT2D eigenvalue weighted by atomic mass is 16.5. The molecule has 0 saturated carbocycles. The van der Waals surface area contributed by atoms with Gasteiger partial charge in [0, 0.05) is 6.54 Å². The van der Waals surface area contributed by atoms with Crippen molar-refractivity contribution < 1.29 is 24.2 Å². The summed E-state index contributed by atoms with van der Waals surface area (Å²) in [6.07, 6.45) is 1.44. The summed E-state index contributed by atoms with van der Waals surface area (Å²) >= 11 is 0. The van der Waals surface area contributed by atoms with Crippen LogP contribution in [-0.2, 0) is 9.59 Å². The first kappa shape index (κ1) is 15.2. The molecule has 1 unspecified atom stereocenters. The number of amides is 1. The van der Waals surface area contributed by atoms with Crippen LogP contribution in [0.15, 0.2) is 24.3 Å². The number of benzene rings is 1. The molecule has 0 radical (unpaired) electrons. The third-order valence-electron chi connectivity index (χ3n) is 3.50. The summed E-state index contributed by atoms with van der Waals surface area (Å²) in [4.78, 5) is 24.5. The van der Waals surface area contributed by atoms with Crippen molar-refractivity contribution in [1.82, 2.24) is 4.90 Å². The highest BCUT2D eigenvalue weighted by Crippen LogP contribution is 2.19. The predicted octanol–water partition coefficient (Wildman–Crippen LogP) is 1.54. The molecular weight excluding hydrogens is 274 g/mol. The van der Waals surface area contributed by atoms with Crippen LogP contribution in [0.2, 0.25) is 0 Å². The Balaban J connectivity index is 1.79. The van der Waals surface area contributed by atoms with Crippen molar-refractivity contribution in [3.05, 3.63) is 24.3 Å². The van der Waals surface area contributed by atoms with Crippen molar-refractivity contribution in [3.63, 3.8) is 0 Å². The average Bonchev–Trinajstić information content (AvgIpc) is 2.97. The van der Waals surface area contributed by atoms with Crippen LogP contribution < -0.4 is 9.47 Å². The van der Waals surface area contributed by atoms with Crippen LogP contribution in [0.3, 0.4) is 0 Å². The number of aliphatic carboxylic acids is 1. The Bertz CT molecular complexity index is 499. The van der Waals surface area contributed by atoms with Crippen molar-refractivity contribution >= 4 is 11.9 Å². The summed E-state index contributed by atoms with van der Waals surface area (Å²) in [5.74, 6) is 0.282. The van der Waals surface area contributed by atoms with Gasteiger partial charge in [-0.15, -0.1) is 0 Å². The summed E-state index contributed by atoms with van der Waals surface area (Å²) in [6, 6.07) is 6.40. The summed E-state index contributed by atoms with van der Waals surface area (Å²) < 4.78 is 10.5. The van der Waals surface area contributed by atoms with Gasteiger partial charge in [-0.25, -0.2) is 4.79 Å². The highest BCUT2D eigenvalue weighted by Gasteiger charge is 2.33. The Kier molecular flexibility index (Phi) is 5.03. The Labute approximate surface area is 123 Å². The van der Waals surface area contributed by atoms with Gasteiger partial charge in [0.25, 0.3) is 0 Å². The molecule has 1 saturated heterocycles. The van der Waals surface area contributed by atoms with Crippen molar-refractivity contribution in [2.45, 2.75) is 25.3 Å². The van der Waals surface area contributed by atoms with Crippen LogP contribution in [0.1, 0.15) is 19.3 Å². The molecule has 1 aromatic carbocycles. The fourth-order valence-corrected chi connectivity index (χ4v) is 2.39. The molecule has 1 fully saturated rings. The quantitative estimate of drug-likeness (QED) is 0.861. The maximum absolute atomic E-state index is 12.0. The molecule has 6 nitrogen and oxygen atoms in total. The second-order valence-corrected chi connectivity index (χ2v) is 4.86. The van der Waals surface area contributed by atoms with E-state index in [9.17, 15) is 9.59 Å². The molecule has 2 rings (SSSR count). The van der Waals surface area contributed by atoms with Crippen molar-refractivity contribution in [3.8, 4) is 11.5 Å². The highest BCUT2D eigenvalue weighted by molar-refractivity contribution is 5.84. The van der Waals surface area contributed by atoms with Gasteiger partial charge in [0.2, 0.25) is 5.91 Å². The van der Waals surface area contributed by atoms with Gasteiger partial charge < -0.3 is 19.5 Å². The third kappa shape index (κ3) is 3.87. The number of rotatable bonds is 6. The van der Waals surface area contributed by atoms with E-state index in [0.717, 1.165) is 12.2 Å². The minimum Gasteiger partial charge on any atom is -0.497 e. The molecule has 0 bridgehead atoms. The number of likely N-dealkylation sites (tertiary alicyclic amines) is 1. The van der Waals surface area contributed by atoms with Crippen molar-refractivity contribution in [2.75, 3.05) is 20.3 Å². The van der Waals surface area contributed by atoms with E-state index in [0.29, 0.717) is 18.7 Å². The van der Waals surface area contributed by atoms with Gasteiger partial charge in [0.05, 0.1) is 20.1 Å². The van der Waals surface area contributed by atoms with Crippen LogP contribution in [0.5, 0.6) is 11.5 Å². The Morgan fingerprint density at radius 2 is 1.95 bits per heavy atom. The molecule has 1 aromatic rings. The maximum atomic E-state index is 12.0. The first-order valence-corrected chi connectivity index (χ1v) is 6.91. The lowest BCUT2D eigenvalue weighted by atomic mass is 10.2. The lowest BCUT2D eigenvalue weighted by molar-refractivity contribution is -0.148. The monoisotopic (exact) mass is 293 g/mol. The average molecular weight is 293 g/mol. The Morgan fingerprint density at radius 1 is 1.29 bits per heavy atom. The Hall–Kier alpha value is -2.24. The molecule has 1 atom stereocenters. The van der Waals surface area contributed by atoms with Gasteiger partial charge in [-0.05, 0) is 37.1 Å². The number of hydrogen-bond acceptors (Lipinski definition) is 4. The second-order valence-electron chi connectivity index (χ2n) is 4.86. The first-order valence-electron chi connectivity index (χ1n) is 6.91. The van der Waals surface area contributed by atoms with Crippen LogP contribution in [0.4, 0.5) is 0 Å². The smallest absolute Gasteiger partial charge is 0.326 e. The van der Waals surface area contributed by atoms with Crippen molar-refractivity contribution in [1.29, 1.82) is 0 Å². The fourth-order valence-electron chi connectivity index (χ4n) is 2.39. The minimum atomic E-state index is -0.933. The molecule has 1 N–H and O–H groups in total. The van der Waals surface area contributed by atoms with E-state index in [4.69, 9.17) is 14.6 Å². The van der Waals surface area contributed by atoms with E-state index in [1.54, 1.807) is 31.4 Å². The van der Waals surface area contributed by atoms with Crippen LogP contribution in [0.25, 0.3) is 0 Å². The van der Waals surface area contributed by atoms with Gasteiger partial charge in [0.1, 0.15) is 17.5 Å². The fraction of sp³-hybridized carbons (Fsp3) is 0.467. The van der Waals surface area contributed by atoms with Crippen LogP contribution in [0, 0.1) is 0 Å². The molecule has 1 aliphatic rings. The molecule has 0 aromatic heterocycles. The van der Waals surface area contributed by atoms with E-state index < -0.39 is 12.0 Å². The second kappa shape index (κ2) is 6.97. The zero-order valence-electron chi connectivity index (χ0n) is 11.9. The van der Waals surface area contributed by atoms with Gasteiger partial charge in [-0.1, -0.05) is 0 Å². The number of hydrogen-bond donors (Lipinski definition) is 1. The van der Waals surface area contributed by atoms with E-state index in [1.165, 1.54) is 4.90 Å². The number of carbonyl (C=O) groups is 2. The largest absolute Gasteiger partial charge is 0.497 e. The van der Waals surface area contributed by atoms with Crippen LogP contribution in [-0.4, -0.2) is 48.2 Å². The number of methoxy groups -OCH3 is 1. The van der Waals surface area contributed by atoms with Gasteiger partial charge in [-0.3, -0.25) is 4.79 Å². The number of carboxylic acids is 1. The Morgan fingerprint density at radius 3 is 2.57 bits per heavy atom. The van der Waals surface area contributed by atoms with Crippen LogP contribution >= 0.6 is 0 Å². The van der Waals surface area contributed by atoms with Gasteiger partial charge >= 0.3 is 5.97 Å². The molecule has 1 amide bonds. The number of nitrogens with zero attached hydrogens (tertiary/aromatic N) is 1. The SMILES string of the molecule is COc1ccc(OCCC(=O)N2CCCC2C(=O)O)cc1. The lowest BCUT2D eigenvalue weighted by Crippen LogP contribution is -2.40. The predicted molar refractivity (Wildman–Crippen MR) is 75.5 cm³/mol. The van der Waals surface area contributed by atoms with Gasteiger partial charge in [-0.2, -0.15) is 0 Å². The lowest BCUT2D eigenvalue weighted by Gasteiger charge is -2.21. The van der Waals surface area contributed by atoms with E-state index >= 15 is 0 Å². The number of carbonyl (C=O) groups excluding carboxylic acids is 1. The molecule has 6 heteroatoms. The number of carboxylic acid groups (broad SMARTS) is 1. The molecule has 21 heavy (non-hydrogen) atoms. The number of ether oxygens (including phenoxy) is 2. The molecule has 1 heterocycles. The molecule has 114 valence electrons. The zero-order valence-corrected chi connectivity index (χ0v) is 11.9. The van der Waals surface area contributed by atoms with E-state index in [-0.39, 0.29) is 18.9 Å². The summed E-state index contributed by atoms with van der Waals surface area (Å²) in [7, 11) is 1.59. The van der Waals surface area contributed by atoms with E-state index in [1.807, 2.05) is 0 Å². The maximum Gasteiger partial charge on any atom is 0.326 e. The first-order chi connectivity index (χ1) is 10.1. The standard InChI is InChI=1S/C15H19NO5/c1-20-11-4-6-12(7-5-11)21-10-8-14(17)16-9-2-3-13(16)15(18)19/h4-7,13H,2-3,8-10H2,1H3,(H,18,19). The normalized spacial score (nSPS) is 17.6. The minimum absolute atomic E-state index is 0.173.